The van der Waals surface area contributed by atoms with Crippen LogP contribution in [0.1, 0.15) is 18.9 Å². The molecule has 1 heterocycles. The van der Waals surface area contributed by atoms with E-state index in [0.29, 0.717) is 10.2 Å². The first-order valence-corrected chi connectivity index (χ1v) is 6.79. The Balaban J connectivity index is 1.99. The summed E-state index contributed by atoms with van der Waals surface area (Å²) in [5.74, 6) is 0.00272. The molecule has 0 unspecified atom stereocenters. The van der Waals surface area contributed by atoms with Crippen LogP contribution in [0, 0.1) is 0 Å². The van der Waals surface area contributed by atoms with Crippen molar-refractivity contribution in [1.29, 1.82) is 0 Å². The zero-order valence-electron chi connectivity index (χ0n) is 9.76. The van der Waals surface area contributed by atoms with Crippen molar-refractivity contribution in [2.24, 2.45) is 10.2 Å². The Bertz CT molecular complexity index is 499. The molecular formula is C12H12ClN3OS. The molecule has 1 aromatic carbocycles. The Hall–Kier alpha value is -1.33. The van der Waals surface area contributed by atoms with Crippen LogP contribution in [-0.4, -0.2) is 22.5 Å². The average Bonchev–Trinajstić information content (AvgIpc) is 2.72. The van der Waals surface area contributed by atoms with E-state index < -0.39 is 0 Å². The van der Waals surface area contributed by atoms with Crippen LogP contribution < -0.4 is 5.32 Å². The molecule has 0 radical (unpaired) electrons. The van der Waals surface area contributed by atoms with Gasteiger partial charge in [0.25, 0.3) is 0 Å². The summed E-state index contributed by atoms with van der Waals surface area (Å²) in [7, 11) is 0. The van der Waals surface area contributed by atoms with E-state index in [4.69, 9.17) is 11.6 Å². The second kappa shape index (κ2) is 6.02. The number of halogens is 1. The highest BCUT2D eigenvalue weighted by atomic mass is 35.5. The number of carbonyl (C=O) groups excluding carboxylic acids is 1. The maximum Gasteiger partial charge on any atom is 0.239 e. The first-order chi connectivity index (χ1) is 8.69. The molecular weight excluding hydrogens is 270 g/mol. The molecule has 4 nitrogen and oxygen atoms in total. The van der Waals surface area contributed by atoms with Crippen LogP contribution >= 0.6 is 23.4 Å². The highest BCUT2D eigenvalue weighted by molar-refractivity contribution is 8.15. The molecule has 1 aromatic rings. The standard InChI is InChI=1S/C12H12ClN3OS/c1-2-10-11(17)15-12(18-10)16-14-7-8-3-5-9(13)6-4-8/h3-7,10H,2H2,1H3,(H,15,16,17)/b14-7+/t10-/m1/s1. The fraction of sp³-hybridized carbons (Fsp3) is 0.250. The average molecular weight is 282 g/mol. The van der Waals surface area contributed by atoms with Crippen LogP contribution in [0.2, 0.25) is 5.02 Å². The van der Waals surface area contributed by atoms with Gasteiger partial charge in [0.2, 0.25) is 5.91 Å². The molecule has 0 spiro atoms. The maximum absolute atomic E-state index is 11.4. The third-order valence-electron chi connectivity index (χ3n) is 2.37. The highest BCUT2D eigenvalue weighted by Crippen LogP contribution is 2.21. The number of nitrogens with zero attached hydrogens (tertiary/aromatic N) is 2. The van der Waals surface area contributed by atoms with Gasteiger partial charge in [-0.25, -0.2) is 0 Å². The Morgan fingerprint density at radius 3 is 2.78 bits per heavy atom. The van der Waals surface area contributed by atoms with Crippen LogP contribution in [0.5, 0.6) is 0 Å². The Morgan fingerprint density at radius 2 is 2.17 bits per heavy atom. The lowest BCUT2D eigenvalue weighted by atomic mass is 10.2. The summed E-state index contributed by atoms with van der Waals surface area (Å²) in [4.78, 5) is 11.4. The summed E-state index contributed by atoms with van der Waals surface area (Å²) in [6.45, 7) is 1.97. The number of benzene rings is 1. The molecule has 0 saturated carbocycles. The Kier molecular flexibility index (Phi) is 4.38. The first kappa shape index (κ1) is 13.1. The summed E-state index contributed by atoms with van der Waals surface area (Å²) < 4.78 is 0. The van der Waals surface area contributed by atoms with E-state index in [0.717, 1.165) is 12.0 Å². The molecule has 1 fully saturated rings. The van der Waals surface area contributed by atoms with Gasteiger partial charge in [0.15, 0.2) is 5.17 Å². The molecule has 1 N–H and O–H groups in total. The zero-order valence-corrected chi connectivity index (χ0v) is 11.3. The second-order valence-electron chi connectivity index (χ2n) is 3.71. The van der Waals surface area contributed by atoms with Gasteiger partial charge < -0.3 is 5.32 Å². The van der Waals surface area contributed by atoms with Gasteiger partial charge in [-0.1, -0.05) is 42.4 Å². The van der Waals surface area contributed by atoms with E-state index in [9.17, 15) is 4.79 Å². The van der Waals surface area contributed by atoms with Crippen molar-refractivity contribution in [2.45, 2.75) is 18.6 Å². The van der Waals surface area contributed by atoms with Gasteiger partial charge in [0.1, 0.15) is 0 Å². The molecule has 1 aliphatic rings. The Morgan fingerprint density at radius 1 is 1.44 bits per heavy atom. The number of hydrogen-bond acceptors (Lipinski definition) is 4. The molecule has 0 aliphatic carbocycles. The quantitative estimate of drug-likeness (QED) is 0.684. The Labute approximate surface area is 115 Å². The summed E-state index contributed by atoms with van der Waals surface area (Å²) >= 11 is 7.19. The zero-order chi connectivity index (χ0) is 13.0. The van der Waals surface area contributed by atoms with Gasteiger partial charge >= 0.3 is 0 Å². The summed E-state index contributed by atoms with van der Waals surface area (Å²) in [6, 6.07) is 7.27. The molecule has 1 aliphatic heterocycles. The largest absolute Gasteiger partial charge is 0.303 e. The van der Waals surface area contributed by atoms with Crippen LogP contribution in [0.25, 0.3) is 0 Å². The maximum atomic E-state index is 11.4. The molecule has 6 heteroatoms. The minimum Gasteiger partial charge on any atom is -0.303 e. The smallest absolute Gasteiger partial charge is 0.239 e. The van der Waals surface area contributed by atoms with Gasteiger partial charge in [-0.15, -0.1) is 5.10 Å². The molecule has 1 atom stereocenters. The molecule has 1 saturated heterocycles. The molecule has 1 amide bonds. The van der Waals surface area contributed by atoms with Crippen molar-refractivity contribution < 1.29 is 4.79 Å². The predicted octanol–water partition coefficient (Wildman–Crippen LogP) is 2.67. The van der Waals surface area contributed by atoms with E-state index in [2.05, 4.69) is 15.5 Å². The van der Waals surface area contributed by atoms with E-state index in [-0.39, 0.29) is 11.2 Å². The first-order valence-electron chi connectivity index (χ1n) is 5.53. The van der Waals surface area contributed by atoms with Crippen molar-refractivity contribution in [3.05, 3.63) is 34.9 Å². The third-order valence-corrected chi connectivity index (χ3v) is 3.86. The van der Waals surface area contributed by atoms with Crippen LogP contribution in [0.3, 0.4) is 0 Å². The van der Waals surface area contributed by atoms with E-state index in [1.54, 1.807) is 18.3 Å². The molecule has 0 bridgehead atoms. The SMILES string of the molecule is CC[C@H]1S/C(=N\N=C\c2ccc(Cl)cc2)NC1=O. The van der Waals surface area contributed by atoms with Crippen LogP contribution in [0.4, 0.5) is 0 Å². The normalized spacial score (nSPS) is 21.8. The number of rotatable bonds is 3. The van der Waals surface area contributed by atoms with Gasteiger partial charge in [-0.3, -0.25) is 4.79 Å². The van der Waals surface area contributed by atoms with E-state index in [1.165, 1.54) is 11.8 Å². The lowest BCUT2D eigenvalue weighted by molar-refractivity contribution is -0.118. The number of nitrogens with one attached hydrogen (secondary N) is 1. The molecule has 18 heavy (non-hydrogen) atoms. The second-order valence-corrected chi connectivity index (χ2v) is 5.33. The van der Waals surface area contributed by atoms with Crippen molar-refractivity contribution in [2.75, 3.05) is 0 Å². The van der Waals surface area contributed by atoms with Crippen LogP contribution in [0.15, 0.2) is 34.5 Å². The van der Waals surface area contributed by atoms with Crippen molar-refractivity contribution in [3.63, 3.8) is 0 Å². The monoisotopic (exact) mass is 281 g/mol. The number of amidine groups is 1. The molecule has 2 rings (SSSR count). The third kappa shape index (κ3) is 3.34. The number of thioether (sulfide) groups is 1. The van der Waals surface area contributed by atoms with Crippen molar-refractivity contribution in [3.8, 4) is 0 Å². The highest BCUT2D eigenvalue weighted by Gasteiger charge is 2.28. The lowest BCUT2D eigenvalue weighted by Gasteiger charge is -1.95. The van der Waals surface area contributed by atoms with Gasteiger partial charge in [0, 0.05) is 5.02 Å². The minimum absolute atomic E-state index is 0.00272. The van der Waals surface area contributed by atoms with Gasteiger partial charge in [-0.05, 0) is 24.1 Å². The van der Waals surface area contributed by atoms with Crippen molar-refractivity contribution >= 4 is 40.7 Å². The van der Waals surface area contributed by atoms with Gasteiger partial charge in [0.05, 0.1) is 11.5 Å². The number of amides is 1. The lowest BCUT2D eigenvalue weighted by Crippen LogP contribution is -2.24. The van der Waals surface area contributed by atoms with Crippen molar-refractivity contribution in [1.82, 2.24) is 5.32 Å². The molecule has 0 aromatic heterocycles. The topological polar surface area (TPSA) is 53.8 Å². The predicted molar refractivity (Wildman–Crippen MR) is 76.3 cm³/mol. The summed E-state index contributed by atoms with van der Waals surface area (Å²) in [6.07, 6.45) is 2.41. The molecule has 94 valence electrons. The number of hydrogen-bond donors (Lipinski definition) is 1. The van der Waals surface area contributed by atoms with E-state index >= 15 is 0 Å². The summed E-state index contributed by atoms with van der Waals surface area (Å²) in [5.41, 5.74) is 0.908. The summed E-state index contributed by atoms with van der Waals surface area (Å²) in [5, 5.41) is 11.8. The van der Waals surface area contributed by atoms with Gasteiger partial charge in [-0.2, -0.15) is 5.10 Å². The fourth-order valence-corrected chi connectivity index (χ4v) is 2.40. The minimum atomic E-state index is -0.0468. The number of carbonyl (C=O) groups is 1. The fourth-order valence-electron chi connectivity index (χ4n) is 1.42. The van der Waals surface area contributed by atoms with E-state index in [1.807, 2.05) is 19.1 Å². The van der Waals surface area contributed by atoms with Crippen LogP contribution in [-0.2, 0) is 4.79 Å².